The van der Waals surface area contributed by atoms with Crippen LogP contribution in [0.3, 0.4) is 0 Å². The third-order valence-corrected chi connectivity index (χ3v) is 5.22. The molecule has 1 aromatic carbocycles. The number of carbonyl (C=O) groups excluding carboxylic acids is 2. The second kappa shape index (κ2) is 4.87. The number of aliphatic hydroxyl groups is 1. The Morgan fingerprint density at radius 3 is 2.83 bits per heavy atom. The topological polar surface area (TPSA) is 82.1 Å². The SMILES string of the molecule is C[C@]12CC(=O)[C@H]3C[C@@]1(O)O[C@H](O2)[C@@H]3COC(=O)c1ccccc1. The van der Waals surface area contributed by atoms with Crippen molar-refractivity contribution in [3.8, 4) is 0 Å². The van der Waals surface area contributed by atoms with Gasteiger partial charge in [0.15, 0.2) is 12.1 Å². The Morgan fingerprint density at radius 1 is 1.35 bits per heavy atom. The fraction of sp³-hybridized carbons (Fsp3) is 0.529. The van der Waals surface area contributed by atoms with Crippen LogP contribution in [-0.2, 0) is 19.0 Å². The molecule has 1 aromatic rings. The molecule has 1 N–H and O–H groups in total. The number of benzene rings is 1. The van der Waals surface area contributed by atoms with Crippen molar-refractivity contribution in [3.05, 3.63) is 35.9 Å². The summed E-state index contributed by atoms with van der Waals surface area (Å²) in [5.41, 5.74) is -0.556. The van der Waals surface area contributed by atoms with Gasteiger partial charge in [0.05, 0.1) is 11.5 Å². The van der Waals surface area contributed by atoms with Gasteiger partial charge in [-0.1, -0.05) is 18.2 Å². The first-order chi connectivity index (χ1) is 10.9. The molecule has 0 aromatic heterocycles. The average Bonchev–Trinajstić information content (AvgIpc) is 2.69. The van der Waals surface area contributed by atoms with E-state index in [0.29, 0.717) is 5.56 Å². The van der Waals surface area contributed by atoms with Gasteiger partial charge in [0.25, 0.3) is 0 Å². The second-order valence-electron chi connectivity index (χ2n) is 6.70. The number of ether oxygens (including phenoxy) is 3. The third kappa shape index (κ3) is 2.13. The number of ketones is 1. The molecule has 3 bridgehead atoms. The van der Waals surface area contributed by atoms with Crippen molar-refractivity contribution < 1.29 is 28.9 Å². The van der Waals surface area contributed by atoms with E-state index in [2.05, 4.69) is 0 Å². The van der Waals surface area contributed by atoms with Gasteiger partial charge in [0, 0.05) is 18.8 Å². The zero-order valence-corrected chi connectivity index (χ0v) is 12.7. The molecule has 6 nitrogen and oxygen atoms in total. The van der Waals surface area contributed by atoms with E-state index >= 15 is 0 Å². The summed E-state index contributed by atoms with van der Waals surface area (Å²) in [6.45, 7) is 1.72. The van der Waals surface area contributed by atoms with Crippen molar-refractivity contribution in [2.24, 2.45) is 11.8 Å². The van der Waals surface area contributed by atoms with E-state index < -0.39 is 29.6 Å². The molecule has 6 heteroatoms. The molecule has 1 saturated carbocycles. The van der Waals surface area contributed by atoms with Crippen LogP contribution in [0.2, 0.25) is 0 Å². The molecule has 2 aliphatic heterocycles. The lowest BCUT2D eigenvalue weighted by Gasteiger charge is -2.44. The van der Waals surface area contributed by atoms with Gasteiger partial charge in [-0.15, -0.1) is 0 Å². The van der Waals surface area contributed by atoms with Crippen LogP contribution in [0.15, 0.2) is 30.3 Å². The molecule has 23 heavy (non-hydrogen) atoms. The van der Waals surface area contributed by atoms with Gasteiger partial charge in [-0.05, 0) is 19.1 Å². The first-order valence-corrected chi connectivity index (χ1v) is 7.75. The van der Waals surface area contributed by atoms with E-state index in [4.69, 9.17) is 14.2 Å². The Balaban J connectivity index is 1.50. The molecule has 0 unspecified atom stereocenters. The number of hydrogen-bond donors (Lipinski definition) is 1. The van der Waals surface area contributed by atoms with Gasteiger partial charge in [-0.2, -0.15) is 0 Å². The van der Waals surface area contributed by atoms with Gasteiger partial charge in [-0.3, -0.25) is 4.79 Å². The van der Waals surface area contributed by atoms with Crippen molar-refractivity contribution >= 4 is 11.8 Å². The maximum absolute atomic E-state index is 12.3. The van der Waals surface area contributed by atoms with Gasteiger partial charge < -0.3 is 19.3 Å². The van der Waals surface area contributed by atoms with Crippen LogP contribution in [0.25, 0.3) is 0 Å². The Hall–Kier alpha value is -1.76. The molecule has 5 atom stereocenters. The van der Waals surface area contributed by atoms with Crippen LogP contribution in [0.1, 0.15) is 30.1 Å². The zero-order valence-electron chi connectivity index (χ0n) is 12.7. The van der Waals surface area contributed by atoms with E-state index in [0.717, 1.165) is 0 Å². The van der Waals surface area contributed by atoms with Gasteiger partial charge in [0.1, 0.15) is 18.0 Å². The lowest BCUT2D eigenvalue weighted by Crippen LogP contribution is -2.59. The standard InChI is InChI=1S/C17H18O6/c1-16-8-13(18)11-7-17(16,20)23-15(22-16)12(11)9-21-14(19)10-5-3-2-4-6-10/h2-6,11-12,15,20H,7-9H2,1H3/t11-,12+,15-,16-,17+/m0/s1. The highest BCUT2D eigenvalue weighted by atomic mass is 16.8. The summed E-state index contributed by atoms with van der Waals surface area (Å²) in [4.78, 5) is 24.4. The Kier molecular flexibility index (Phi) is 3.13. The van der Waals surface area contributed by atoms with E-state index in [9.17, 15) is 14.7 Å². The molecular weight excluding hydrogens is 300 g/mol. The lowest BCUT2D eigenvalue weighted by atomic mass is 9.70. The van der Waals surface area contributed by atoms with Crippen molar-refractivity contribution in [2.45, 2.75) is 37.4 Å². The number of rotatable bonds is 3. The molecule has 3 aliphatic rings. The highest BCUT2D eigenvalue weighted by Crippen LogP contribution is 2.56. The second-order valence-corrected chi connectivity index (χ2v) is 6.70. The number of hydrogen-bond acceptors (Lipinski definition) is 6. The van der Waals surface area contributed by atoms with E-state index in [-0.39, 0.29) is 31.1 Å². The minimum Gasteiger partial charge on any atom is -0.462 e. The molecule has 3 fully saturated rings. The molecule has 2 saturated heterocycles. The molecule has 122 valence electrons. The van der Waals surface area contributed by atoms with E-state index in [1.165, 1.54) is 0 Å². The molecular formula is C17H18O6. The van der Waals surface area contributed by atoms with Crippen molar-refractivity contribution in [1.29, 1.82) is 0 Å². The molecule has 0 spiro atoms. The predicted molar refractivity (Wildman–Crippen MR) is 77.3 cm³/mol. The van der Waals surface area contributed by atoms with Gasteiger partial charge in [0.2, 0.25) is 0 Å². The molecule has 0 amide bonds. The number of carbonyl (C=O) groups is 2. The number of fused-ring (bicyclic) bond motifs is 2. The minimum atomic E-state index is -1.42. The summed E-state index contributed by atoms with van der Waals surface area (Å²) < 4.78 is 16.8. The summed E-state index contributed by atoms with van der Waals surface area (Å²) in [6, 6.07) is 8.67. The quantitative estimate of drug-likeness (QED) is 0.845. The Morgan fingerprint density at radius 2 is 2.09 bits per heavy atom. The monoisotopic (exact) mass is 318 g/mol. The van der Waals surface area contributed by atoms with Gasteiger partial charge in [-0.25, -0.2) is 4.79 Å². The van der Waals surface area contributed by atoms with Crippen LogP contribution in [-0.4, -0.2) is 41.1 Å². The fourth-order valence-corrected chi connectivity index (χ4v) is 3.79. The number of Topliss-reactive ketones (excluding diaryl/α,β-unsaturated/α-hetero) is 1. The molecule has 2 heterocycles. The van der Waals surface area contributed by atoms with Crippen LogP contribution in [0.5, 0.6) is 0 Å². The highest BCUT2D eigenvalue weighted by Gasteiger charge is 2.69. The first kappa shape index (κ1) is 14.8. The summed E-state index contributed by atoms with van der Waals surface area (Å²) in [5, 5.41) is 10.6. The normalized spacial score (nSPS) is 41.1. The predicted octanol–water partition coefficient (Wildman–Crippen LogP) is 1.27. The summed E-state index contributed by atoms with van der Waals surface area (Å²) in [5.74, 6) is -2.63. The van der Waals surface area contributed by atoms with Crippen LogP contribution >= 0.6 is 0 Å². The maximum atomic E-state index is 12.3. The largest absolute Gasteiger partial charge is 0.462 e. The highest BCUT2D eigenvalue weighted by molar-refractivity contribution is 5.89. The van der Waals surface area contributed by atoms with Crippen molar-refractivity contribution in [2.75, 3.05) is 6.61 Å². The summed E-state index contributed by atoms with van der Waals surface area (Å²) in [7, 11) is 0. The van der Waals surface area contributed by atoms with Crippen molar-refractivity contribution in [3.63, 3.8) is 0 Å². The minimum absolute atomic E-state index is 0.0287. The number of esters is 1. The first-order valence-electron chi connectivity index (χ1n) is 7.75. The van der Waals surface area contributed by atoms with E-state index in [1.54, 1.807) is 31.2 Å². The van der Waals surface area contributed by atoms with E-state index in [1.807, 2.05) is 6.07 Å². The molecule has 0 radical (unpaired) electrons. The smallest absolute Gasteiger partial charge is 0.338 e. The lowest BCUT2D eigenvalue weighted by molar-refractivity contribution is -0.271. The third-order valence-electron chi connectivity index (χ3n) is 5.22. The van der Waals surface area contributed by atoms with Crippen LogP contribution in [0, 0.1) is 11.8 Å². The fourth-order valence-electron chi connectivity index (χ4n) is 3.79. The summed E-state index contributed by atoms with van der Waals surface area (Å²) in [6.07, 6.45) is -0.418. The van der Waals surface area contributed by atoms with Crippen LogP contribution in [0.4, 0.5) is 0 Å². The molecule has 4 rings (SSSR count). The zero-order chi connectivity index (χ0) is 16.2. The Labute approximate surface area is 133 Å². The molecule has 1 aliphatic carbocycles. The van der Waals surface area contributed by atoms with Crippen LogP contribution < -0.4 is 0 Å². The van der Waals surface area contributed by atoms with Gasteiger partial charge >= 0.3 is 5.97 Å². The summed E-state index contributed by atoms with van der Waals surface area (Å²) >= 11 is 0. The van der Waals surface area contributed by atoms with Crippen molar-refractivity contribution in [1.82, 2.24) is 0 Å². The Bertz CT molecular complexity index is 658. The maximum Gasteiger partial charge on any atom is 0.338 e. The average molecular weight is 318 g/mol.